The molecule has 4 aromatic rings. The minimum absolute atomic E-state index is 0.00348. The summed E-state index contributed by atoms with van der Waals surface area (Å²) in [6.45, 7) is 7.99. The predicted molar refractivity (Wildman–Crippen MR) is 161 cm³/mol. The molecule has 1 fully saturated rings. The summed E-state index contributed by atoms with van der Waals surface area (Å²) in [7, 11) is 1.78. The summed E-state index contributed by atoms with van der Waals surface area (Å²) < 4.78 is 17.0. The maximum atomic E-state index is 12.9. The first kappa shape index (κ1) is 28.2. The number of anilines is 1. The maximum Gasteiger partial charge on any atom is 0.240 e. The van der Waals surface area contributed by atoms with E-state index in [1.165, 1.54) is 0 Å². The molecule has 1 aliphatic heterocycles. The Kier molecular flexibility index (Phi) is 8.86. The summed E-state index contributed by atoms with van der Waals surface area (Å²) in [4.78, 5) is 24.7. The number of aliphatic imine (C=N–C) groups is 1. The van der Waals surface area contributed by atoms with Crippen LogP contribution in [0.15, 0.2) is 71.7 Å². The Morgan fingerprint density at radius 2 is 1.66 bits per heavy atom. The summed E-state index contributed by atoms with van der Waals surface area (Å²) in [6, 6.07) is 21.0. The van der Waals surface area contributed by atoms with Gasteiger partial charge in [-0.25, -0.2) is 4.99 Å². The molecule has 1 aliphatic rings. The van der Waals surface area contributed by atoms with Gasteiger partial charge in [-0.05, 0) is 44.2 Å². The molecule has 9 nitrogen and oxygen atoms in total. The number of nitrogens with one attached hydrogen (secondary N) is 1. The summed E-state index contributed by atoms with van der Waals surface area (Å²) in [5.74, 6) is 1.23. The molecule has 0 saturated carbocycles. The third-order valence-corrected chi connectivity index (χ3v) is 7.04. The van der Waals surface area contributed by atoms with Crippen molar-refractivity contribution < 1.29 is 24.1 Å². The van der Waals surface area contributed by atoms with E-state index in [1.807, 2.05) is 80.6 Å². The van der Waals surface area contributed by atoms with Gasteiger partial charge in [0.2, 0.25) is 5.91 Å². The van der Waals surface area contributed by atoms with Crippen molar-refractivity contribution in [2.24, 2.45) is 4.99 Å². The number of H-pyrrole nitrogens is 1. The molecule has 9 heteroatoms. The van der Waals surface area contributed by atoms with Crippen molar-refractivity contribution in [2.75, 3.05) is 58.0 Å². The van der Waals surface area contributed by atoms with Gasteiger partial charge in [-0.15, -0.1) is 0 Å². The van der Waals surface area contributed by atoms with Crippen LogP contribution in [0.1, 0.15) is 25.0 Å². The van der Waals surface area contributed by atoms with E-state index in [2.05, 4.69) is 9.88 Å². The van der Waals surface area contributed by atoms with E-state index in [0.29, 0.717) is 67.0 Å². The molecule has 3 aromatic carbocycles. The number of carbonyl (C=O) groups excluding carboxylic acids is 1. The molecule has 41 heavy (non-hydrogen) atoms. The molecule has 0 spiro atoms. The molecule has 2 N–H and O–H groups in total. The molecule has 5 rings (SSSR count). The SMILES string of the molecule is CCOc1cc2[nH]c(O)c(C(=Nc3ccc(N(C)C(=O)CN4CCOCC4)cc3)c3ccccc3)c2cc1OCC. The van der Waals surface area contributed by atoms with Crippen molar-refractivity contribution in [3.63, 3.8) is 0 Å². The lowest BCUT2D eigenvalue weighted by Crippen LogP contribution is -2.43. The number of fused-ring (bicyclic) bond motifs is 1. The number of aromatic amines is 1. The largest absolute Gasteiger partial charge is 0.494 e. The van der Waals surface area contributed by atoms with Crippen LogP contribution >= 0.6 is 0 Å². The number of amides is 1. The monoisotopic (exact) mass is 556 g/mol. The quantitative estimate of drug-likeness (QED) is 0.263. The van der Waals surface area contributed by atoms with Crippen molar-refractivity contribution in [2.45, 2.75) is 13.8 Å². The van der Waals surface area contributed by atoms with Crippen molar-refractivity contribution in [1.82, 2.24) is 9.88 Å². The molecule has 0 radical (unpaired) electrons. The molecular weight excluding hydrogens is 520 g/mol. The molecule has 0 bridgehead atoms. The Labute approximate surface area is 240 Å². The topological polar surface area (TPSA) is 99.6 Å². The first-order valence-corrected chi connectivity index (χ1v) is 13.9. The zero-order valence-corrected chi connectivity index (χ0v) is 23.7. The first-order valence-electron chi connectivity index (χ1n) is 13.9. The van der Waals surface area contributed by atoms with E-state index in [4.69, 9.17) is 19.2 Å². The van der Waals surface area contributed by atoms with E-state index >= 15 is 0 Å². The number of rotatable bonds is 10. The minimum atomic E-state index is 0.00348. The highest BCUT2D eigenvalue weighted by atomic mass is 16.5. The molecule has 2 heterocycles. The van der Waals surface area contributed by atoms with Crippen LogP contribution in [0.3, 0.4) is 0 Å². The Morgan fingerprint density at radius 3 is 2.32 bits per heavy atom. The number of aromatic nitrogens is 1. The van der Waals surface area contributed by atoms with Gasteiger partial charge >= 0.3 is 0 Å². The fraction of sp³-hybridized carbons (Fsp3) is 0.312. The lowest BCUT2D eigenvalue weighted by atomic mass is 10.0. The average Bonchev–Trinajstić information content (AvgIpc) is 3.31. The van der Waals surface area contributed by atoms with Crippen LogP contribution in [0.2, 0.25) is 0 Å². The van der Waals surface area contributed by atoms with Crippen LogP contribution in [-0.4, -0.2) is 79.7 Å². The molecule has 214 valence electrons. The molecule has 0 aliphatic carbocycles. The van der Waals surface area contributed by atoms with Crippen molar-refractivity contribution in [1.29, 1.82) is 0 Å². The molecule has 0 unspecified atom stereocenters. The number of carbonyl (C=O) groups is 1. The van der Waals surface area contributed by atoms with Gasteiger partial charge in [0, 0.05) is 42.8 Å². The summed E-state index contributed by atoms with van der Waals surface area (Å²) in [6.07, 6.45) is 0. The van der Waals surface area contributed by atoms with Gasteiger partial charge in [0.25, 0.3) is 0 Å². The van der Waals surface area contributed by atoms with Crippen LogP contribution in [0.4, 0.5) is 11.4 Å². The minimum Gasteiger partial charge on any atom is -0.494 e. The van der Waals surface area contributed by atoms with Crippen LogP contribution in [0.25, 0.3) is 10.9 Å². The van der Waals surface area contributed by atoms with Crippen molar-refractivity contribution in [3.8, 4) is 17.4 Å². The smallest absolute Gasteiger partial charge is 0.240 e. The van der Waals surface area contributed by atoms with E-state index in [0.717, 1.165) is 29.7 Å². The lowest BCUT2D eigenvalue weighted by Gasteiger charge is -2.28. The fourth-order valence-corrected chi connectivity index (χ4v) is 4.91. The third kappa shape index (κ3) is 6.37. The second-order valence-corrected chi connectivity index (χ2v) is 9.74. The number of hydrogen-bond donors (Lipinski definition) is 2. The zero-order valence-electron chi connectivity index (χ0n) is 23.7. The van der Waals surface area contributed by atoms with Gasteiger partial charge in [0.05, 0.1) is 55.5 Å². The summed E-state index contributed by atoms with van der Waals surface area (Å²) in [5.41, 5.74) is 4.19. The van der Waals surface area contributed by atoms with E-state index < -0.39 is 0 Å². The first-order chi connectivity index (χ1) is 20.0. The Hall–Kier alpha value is -4.34. The molecular formula is C32H36N4O5. The molecule has 1 saturated heterocycles. The van der Waals surface area contributed by atoms with Crippen LogP contribution in [0.5, 0.6) is 17.4 Å². The number of likely N-dealkylation sites (N-methyl/N-ethyl adjacent to an activating group) is 1. The average molecular weight is 557 g/mol. The van der Waals surface area contributed by atoms with Gasteiger partial charge in [0.15, 0.2) is 17.4 Å². The van der Waals surface area contributed by atoms with E-state index in [-0.39, 0.29) is 11.8 Å². The Bertz CT molecular complexity index is 1510. The van der Waals surface area contributed by atoms with Crippen molar-refractivity contribution >= 4 is 33.9 Å². The Balaban J connectivity index is 1.50. The van der Waals surface area contributed by atoms with Gasteiger partial charge in [-0.3, -0.25) is 9.69 Å². The standard InChI is InChI=1S/C32H36N4O5/c1-4-40-27-19-25-26(20-28(27)41-5-2)34-32(38)30(25)31(22-9-7-6-8-10-22)33-23-11-13-24(14-12-23)35(3)29(37)21-36-15-17-39-18-16-36/h6-14,19-20,34,38H,4-5,15-18,21H2,1-3H3. The number of benzene rings is 3. The van der Waals surface area contributed by atoms with Gasteiger partial charge in [0.1, 0.15) is 0 Å². The Morgan fingerprint density at radius 1 is 1.00 bits per heavy atom. The number of ether oxygens (including phenoxy) is 3. The summed E-state index contributed by atoms with van der Waals surface area (Å²) in [5, 5.41) is 11.9. The van der Waals surface area contributed by atoms with Gasteiger partial charge < -0.3 is 29.2 Å². The number of morpholine rings is 1. The lowest BCUT2D eigenvalue weighted by molar-refractivity contribution is -0.120. The highest BCUT2D eigenvalue weighted by molar-refractivity contribution is 6.22. The number of aromatic hydroxyl groups is 1. The maximum absolute atomic E-state index is 12.9. The van der Waals surface area contributed by atoms with Crippen LogP contribution < -0.4 is 14.4 Å². The highest BCUT2D eigenvalue weighted by Crippen LogP contribution is 2.38. The molecule has 1 aromatic heterocycles. The fourth-order valence-electron chi connectivity index (χ4n) is 4.91. The second-order valence-electron chi connectivity index (χ2n) is 9.74. The van der Waals surface area contributed by atoms with Crippen molar-refractivity contribution in [3.05, 3.63) is 77.9 Å². The molecule has 1 amide bonds. The van der Waals surface area contributed by atoms with Gasteiger partial charge in [-0.2, -0.15) is 0 Å². The molecule has 0 atom stereocenters. The third-order valence-electron chi connectivity index (χ3n) is 7.04. The normalized spacial score (nSPS) is 14.3. The summed E-state index contributed by atoms with van der Waals surface area (Å²) >= 11 is 0. The number of nitrogens with zero attached hydrogens (tertiary/aromatic N) is 3. The second kappa shape index (κ2) is 12.9. The van der Waals surface area contributed by atoms with Crippen LogP contribution in [0, 0.1) is 0 Å². The highest BCUT2D eigenvalue weighted by Gasteiger charge is 2.22. The van der Waals surface area contributed by atoms with E-state index in [9.17, 15) is 9.90 Å². The number of hydrogen-bond acceptors (Lipinski definition) is 7. The van der Waals surface area contributed by atoms with E-state index in [1.54, 1.807) is 11.9 Å². The predicted octanol–water partition coefficient (Wildman–Crippen LogP) is 5.14. The van der Waals surface area contributed by atoms with Gasteiger partial charge in [-0.1, -0.05) is 30.3 Å². The zero-order chi connectivity index (χ0) is 28.8. The van der Waals surface area contributed by atoms with Crippen LogP contribution in [-0.2, 0) is 9.53 Å².